The highest BCUT2D eigenvalue weighted by molar-refractivity contribution is 5.74. The van der Waals surface area contributed by atoms with E-state index in [4.69, 9.17) is 5.11 Å². The standard InChI is InChI=1S/C8H13NO2/c10-8(11)7-4-5-2-1-3-6(5)9-7/h5-7,9H,1-4H2,(H,10,11)/t5-,6?,7-/m1/s1. The Morgan fingerprint density at radius 3 is 2.91 bits per heavy atom. The molecule has 62 valence electrons. The van der Waals surface area contributed by atoms with Crippen molar-refractivity contribution in [3.63, 3.8) is 0 Å². The first-order valence-corrected chi connectivity index (χ1v) is 4.26. The van der Waals surface area contributed by atoms with Gasteiger partial charge < -0.3 is 10.4 Å². The van der Waals surface area contributed by atoms with Crippen molar-refractivity contribution in [1.82, 2.24) is 5.32 Å². The lowest BCUT2D eigenvalue weighted by Gasteiger charge is -2.07. The molecule has 2 N–H and O–H groups in total. The van der Waals surface area contributed by atoms with E-state index < -0.39 is 5.97 Å². The maximum absolute atomic E-state index is 10.6. The van der Waals surface area contributed by atoms with E-state index in [2.05, 4.69) is 5.32 Å². The molecule has 0 spiro atoms. The molecule has 0 aromatic rings. The molecule has 3 heteroatoms. The van der Waals surface area contributed by atoms with Crippen molar-refractivity contribution in [2.75, 3.05) is 0 Å². The highest BCUT2D eigenvalue weighted by Crippen LogP contribution is 2.34. The quantitative estimate of drug-likeness (QED) is 0.583. The number of carboxylic acid groups (broad SMARTS) is 1. The van der Waals surface area contributed by atoms with Crippen LogP contribution >= 0.6 is 0 Å². The molecule has 0 aromatic carbocycles. The van der Waals surface area contributed by atoms with Crippen molar-refractivity contribution in [1.29, 1.82) is 0 Å². The van der Waals surface area contributed by atoms with Crippen LogP contribution in [0.1, 0.15) is 25.7 Å². The van der Waals surface area contributed by atoms with Crippen molar-refractivity contribution in [3.05, 3.63) is 0 Å². The van der Waals surface area contributed by atoms with E-state index in [9.17, 15) is 4.79 Å². The molecular weight excluding hydrogens is 142 g/mol. The Bertz CT molecular complexity index is 169. The SMILES string of the molecule is O=C(O)[C@H]1C[C@H]2CCCC2N1. The molecule has 2 fully saturated rings. The highest BCUT2D eigenvalue weighted by atomic mass is 16.4. The third kappa shape index (κ3) is 1.13. The van der Waals surface area contributed by atoms with Crippen LogP contribution in [0.5, 0.6) is 0 Å². The van der Waals surface area contributed by atoms with Crippen LogP contribution in [0, 0.1) is 5.92 Å². The summed E-state index contributed by atoms with van der Waals surface area (Å²) in [4.78, 5) is 10.6. The molecule has 1 unspecified atom stereocenters. The zero-order valence-electron chi connectivity index (χ0n) is 6.42. The van der Waals surface area contributed by atoms with E-state index in [1.54, 1.807) is 0 Å². The van der Waals surface area contributed by atoms with Crippen LogP contribution in [-0.2, 0) is 4.79 Å². The second-order valence-corrected chi connectivity index (χ2v) is 3.59. The Kier molecular flexibility index (Phi) is 1.60. The van der Waals surface area contributed by atoms with Gasteiger partial charge in [0.25, 0.3) is 0 Å². The van der Waals surface area contributed by atoms with E-state index in [-0.39, 0.29) is 6.04 Å². The first-order chi connectivity index (χ1) is 5.27. The summed E-state index contributed by atoms with van der Waals surface area (Å²) in [6.45, 7) is 0. The molecule has 0 amide bonds. The Labute approximate surface area is 65.8 Å². The van der Waals surface area contributed by atoms with Gasteiger partial charge in [0, 0.05) is 6.04 Å². The molecule has 1 saturated carbocycles. The molecule has 2 rings (SSSR count). The van der Waals surface area contributed by atoms with E-state index in [1.165, 1.54) is 19.3 Å². The van der Waals surface area contributed by atoms with Crippen LogP contribution in [0.15, 0.2) is 0 Å². The molecular formula is C8H13NO2. The van der Waals surface area contributed by atoms with Gasteiger partial charge in [-0.2, -0.15) is 0 Å². The Hall–Kier alpha value is -0.570. The first kappa shape index (κ1) is 7.10. The van der Waals surface area contributed by atoms with Crippen molar-refractivity contribution in [3.8, 4) is 0 Å². The molecule has 0 bridgehead atoms. The Balaban J connectivity index is 1.99. The summed E-state index contributed by atoms with van der Waals surface area (Å²) in [6.07, 6.45) is 4.52. The smallest absolute Gasteiger partial charge is 0.320 e. The Morgan fingerprint density at radius 2 is 2.27 bits per heavy atom. The van der Waals surface area contributed by atoms with Gasteiger partial charge in [0.2, 0.25) is 0 Å². The number of aliphatic carboxylic acids is 1. The first-order valence-electron chi connectivity index (χ1n) is 4.26. The van der Waals surface area contributed by atoms with Gasteiger partial charge in [-0.15, -0.1) is 0 Å². The van der Waals surface area contributed by atoms with Gasteiger partial charge in [-0.1, -0.05) is 6.42 Å². The fourth-order valence-electron chi connectivity index (χ4n) is 2.34. The lowest BCUT2D eigenvalue weighted by molar-refractivity contribution is -0.139. The summed E-state index contributed by atoms with van der Waals surface area (Å²) in [5.74, 6) is -0.0319. The normalized spacial score (nSPS) is 42.4. The maximum atomic E-state index is 10.6. The average molecular weight is 155 g/mol. The fourth-order valence-corrected chi connectivity index (χ4v) is 2.34. The molecule has 0 radical (unpaired) electrons. The van der Waals surface area contributed by atoms with Gasteiger partial charge >= 0.3 is 5.97 Å². The van der Waals surface area contributed by atoms with Crippen LogP contribution < -0.4 is 5.32 Å². The van der Waals surface area contributed by atoms with Crippen molar-refractivity contribution < 1.29 is 9.90 Å². The molecule has 1 heterocycles. The van der Waals surface area contributed by atoms with Gasteiger partial charge in [0.1, 0.15) is 6.04 Å². The zero-order valence-corrected chi connectivity index (χ0v) is 6.42. The summed E-state index contributed by atoms with van der Waals surface area (Å²) in [5.41, 5.74) is 0. The molecule has 1 saturated heterocycles. The number of carbonyl (C=O) groups is 1. The lowest BCUT2D eigenvalue weighted by atomic mass is 10.0. The lowest BCUT2D eigenvalue weighted by Crippen LogP contribution is -2.34. The second kappa shape index (κ2) is 2.48. The van der Waals surface area contributed by atoms with Crippen LogP contribution in [0.4, 0.5) is 0 Å². The topological polar surface area (TPSA) is 49.3 Å². The van der Waals surface area contributed by atoms with Gasteiger partial charge in [-0.3, -0.25) is 4.79 Å². The van der Waals surface area contributed by atoms with Crippen LogP contribution in [0.2, 0.25) is 0 Å². The number of carboxylic acids is 1. The van der Waals surface area contributed by atoms with Crippen molar-refractivity contribution in [2.45, 2.75) is 37.8 Å². The van der Waals surface area contributed by atoms with Crippen molar-refractivity contribution >= 4 is 5.97 Å². The van der Waals surface area contributed by atoms with Gasteiger partial charge in [0.05, 0.1) is 0 Å². The zero-order chi connectivity index (χ0) is 7.84. The average Bonchev–Trinajstić information content (AvgIpc) is 2.40. The number of fused-ring (bicyclic) bond motifs is 1. The van der Waals surface area contributed by atoms with Crippen LogP contribution in [-0.4, -0.2) is 23.2 Å². The second-order valence-electron chi connectivity index (χ2n) is 3.59. The minimum absolute atomic E-state index is 0.259. The molecule has 1 aliphatic carbocycles. The molecule has 3 nitrogen and oxygen atoms in total. The number of nitrogens with one attached hydrogen (secondary N) is 1. The van der Waals surface area contributed by atoms with E-state index in [1.807, 2.05) is 0 Å². The largest absolute Gasteiger partial charge is 0.480 e. The van der Waals surface area contributed by atoms with Gasteiger partial charge in [-0.05, 0) is 25.2 Å². The van der Waals surface area contributed by atoms with Crippen LogP contribution in [0.25, 0.3) is 0 Å². The van der Waals surface area contributed by atoms with E-state index >= 15 is 0 Å². The molecule has 11 heavy (non-hydrogen) atoms. The number of hydrogen-bond donors (Lipinski definition) is 2. The third-order valence-corrected chi connectivity index (χ3v) is 2.91. The minimum atomic E-state index is -0.681. The Morgan fingerprint density at radius 1 is 1.45 bits per heavy atom. The van der Waals surface area contributed by atoms with Gasteiger partial charge in [-0.25, -0.2) is 0 Å². The van der Waals surface area contributed by atoms with Gasteiger partial charge in [0.15, 0.2) is 0 Å². The fraction of sp³-hybridized carbons (Fsp3) is 0.875. The van der Waals surface area contributed by atoms with Crippen LogP contribution in [0.3, 0.4) is 0 Å². The molecule has 3 atom stereocenters. The minimum Gasteiger partial charge on any atom is -0.480 e. The summed E-state index contributed by atoms with van der Waals surface area (Å²) >= 11 is 0. The van der Waals surface area contributed by atoms with Crippen molar-refractivity contribution in [2.24, 2.45) is 5.92 Å². The predicted molar refractivity (Wildman–Crippen MR) is 40.3 cm³/mol. The summed E-state index contributed by atoms with van der Waals surface area (Å²) in [7, 11) is 0. The monoisotopic (exact) mass is 155 g/mol. The highest BCUT2D eigenvalue weighted by Gasteiger charge is 2.39. The summed E-state index contributed by atoms with van der Waals surface area (Å²) < 4.78 is 0. The predicted octanol–water partition coefficient (Wildman–Crippen LogP) is 0.602. The summed E-state index contributed by atoms with van der Waals surface area (Å²) in [5, 5.41) is 11.9. The number of hydrogen-bond acceptors (Lipinski definition) is 2. The molecule has 2 aliphatic rings. The van der Waals surface area contributed by atoms with E-state index in [0.717, 1.165) is 6.42 Å². The molecule has 0 aromatic heterocycles. The maximum Gasteiger partial charge on any atom is 0.320 e. The molecule has 1 aliphatic heterocycles. The van der Waals surface area contributed by atoms with E-state index in [0.29, 0.717) is 12.0 Å². The third-order valence-electron chi connectivity index (χ3n) is 2.91. The number of rotatable bonds is 1. The summed E-state index contributed by atoms with van der Waals surface area (Å²) in [6, 6.07) is 0.251.